The van der Waals surface area contributed by atoms with Gasteiger partial charge in [-0.15, -0.1) is 0 Å². The predicted octanol–water partition coefficient (Wildman–Crippen LogP) is 1.40. The third-order valence-corrected chi connectivity index (χ3v) is 7.72. The zero-order valence-electron chi connectivity index (χ0n) is 17.9. The molecule has 0 bridgehead atoms. The van der Waals surface area contributed by atoms with E-state index >= 15 is 0 Å². The Balaban J connectivity index is 1.70. The Bertz CT molecular complexity index is 731. The van der Waals surface area contributed by atoms with Crippen molar-refractivity contribution < 1.29 is 17.9 Å². The Morgan fingerprint density at radius 1 is 1.21 bits per heavy atom. The first kappa shape index (κ1) is 22.7. The normalized spacial score (nSPS) is 22.2. The van der Waals surface area contributed by atoms with Crippen molar-refractivity contribution in [3.05, 3.63) is 11.9 Å². The van der Waals surface area contributed by atoms with Crippen molar-refractivity contribution in [2.45, 2.75) is 56.9 Å². The second-order valence-electron chi connectivity index (χ2n) is 7.94. The van der Waals surface area contributed by atoms with Gasteiger partial charge in [0.1, 0.15) is 0 Å². The van der Waals surface area contributed by atoms with Crippen LogP contribution in [-0.2, 0) is 32.4 Å². The van der Waals surface area contributed by atoms with Gasteiger partial charge in [0.15, 0.2) is 0 Å². The minimum Gasteiger partial charge on any atom is -0.383 e. The molecule has 2 aliphatic heterocycles. The molecule has 3 rings (SSSR count). The number of imidazole rings is 1. The zero-order valence-corrected chi connectivity index (χ0v) is 18.7. The largest absolute Gasteiger partial charge is 0.383 e. The van der Waals surface area contributed by atoms with Crippen LogP contribution < -0.4 is 0 Å². The number of rotatable bonds is 10. The minimum atomic E-state index is -3.36. The fourth-order valence-corrected chi connectivity index (χ4v) is 5.29. The maximum absolute atomic E-state index is 12.5. The monoisotopic (exact) mass is 428 g/mol. The highest BCUT2D eigenvalue weighted by Crippen LogP contribution is 2.24. The van der Waals surface area contributed by atoms with E-state index in [0.717, 1.165) is 58.1 Å². The molecule has 0 N–H and O–H groups in total. The van der Waals surface area contributed by atoms with E-state index in [9.17, 15) is 8.42 Å². The summed E-state index contributed by atoms with van der Waals surface area (Å²) in [5, 5.41) is 0.175. The van der Waals surface area contributed by atoms with E-state index in [1.165, 1.54) is 19.3 Å². The maximum Gasteiger partial charge on any atom is 0.227 e. The second kappa shape index (κ2) is 10.9. The van der Waals surface area contributed by atoms with Crippen molar-refractivity contribution in [2.75, 3.05) is 58.9 Å². The molecule has 0 amide bonds. The standard InChI is InChI=1S/C20H36N4O4S/c1-3-29(25,26)20-21-16-19(24(20)12-13-27-2)17-23-8-5-4-6-18(23)7-9-22-10-14-28-15-11-22/h16,18H,3-15,17H2,1-2H3. The van der Waals surface area contributed by atoms with Crippen LogP contribution >= 0.6 is 0 Å². The minimum absolute atomic E-state index is 0.0579. The van der Waals surface area contributed by atoms with Crippen molar-refractivity contribution in [1.29, 1.82) is 0 Å². The van der Waals surface area contributed by atoms with Crippen LogP contribution in [-0.4, -0.2) is 92.7 Å². The van der Waals surface area contributed by atoms with Crippen LogP contribution in [0.15, 0.2) is 11.4 Å². The molecule has 2 fully saturated rings. The predicted molar refractivity (Wildman–Crippen MR) is 112 cm³/mol. The van der Waals surface area contributed by atoms with E-state index in [2.05, 4.69) is 14.8 Å². The van der Waals surface area contributed by atoms with Crippen molar-refractivity contribution in [1.82, 2.24) is 19.4 Å². The molecule has 1 unspecified atom stereocenters. The average Bonchev–Trinajstić information content (AvgIpc) is 3.15. The summed E-state index contributed by atoms with van der Waals surface area (Å²) in [6.07, 6.45) is 6.55. The van der Waals surface area contributed by atoms with Gasteiger partial charge in [-0.05, 0) is 32.4 Å². The summed E-state index contributed by atoms with van der Waals surface area (Å²) in [7, 11) is -1.72. The Hall–Kier alpha value is -1.00. The van der Waals surface area contributed by atoms with Crippen LogP contribution in [0, 0.1) is 0 Å². The van der Waals surface area contributed by atoms with Gasteiger partial charge < -0.3 is 14.0 Å². The van der Waals surface area contributed by atoms with Gasteiger partial charge in [0.25, 0.3) is 0 Å². The number of aromatic nitrogens is 2. The quantitative estimate of drug-likeness (QED) is 0.557. The van der Waals surface area contributed by atoms with Crippen LogP contribution in [0.25, 0.3) is 0 Å². The lowest BCUT2D eigenvalue weighted by molar-refractivity contribution is 0.0300. The van der Waals surface area contributed by atoms with Crippen molar-refractivity contribution >= 4 is 9.84 Å². The second-order valence-corrected chi connectivity index (χ2v) is 10.1. The van der Waals surface area contributed by atoms with E-state index in [1.807, 2.05) is 4.57 Å². The first-order valence-electron chi connectivity index (χ1n) is 10.9. The van der Waals surface area contributed by atoms with E-state index in [0.29, 0.717) is 19.2 Å². The van der Waals surface area contributed by atoms with Crippen LogP contribution in [0.4, 0.5) is 0 Å². The molecule has 0 aromatic carbocycles. The number of piperidine rings is 1. The molecule has 1 atom stereocenters. The lowest BCUT2D eigenvalue weighted by atomic mass is 9.98. The zero-order chi connectivity index (χ0) is 20.7. The molecule has 2 saturated heterocycles. The van der Waals surface area contributed by atoms with E-state index in [1.54, 1.807) is 20.2 Å². The van der Waals surface area contributed by atoms with Crippen molar-refractivity contribution in [3.63, 3.8) is 0 Å². The summed E-state index contributed by atoms with van der Waals surface area (Å²) < 4.78 is 37.5. The number of sulfone groups is 1. The first-order chi connectivity index (χ1) is 14.0. The lowest BCUT2D eigenvalue weighted by Gasteiger charge is -2.37. The molecule has 166 valence electrons. The third-order valence-electron chi connectivity index (χ3n) is 6.08. The molecule has 3 heterocycles. The fourth-order valence-electron chi connectivity index (χ4n) is 4.28. The summed E-state index contributed by atoms with van der Waals surface area (Å²) in [6, 6.07) is 0.531. The van der Waals surface area contributed by atoms with Gasteiger partial charge in [-0.1, -0.05) is 13.3 Å². The average molecular weight is 429 g/mol. The number of ether oxygens (including phenoxy) is 2. The highest BCUT2D eigenvalue weighted by atomic mass is 32.2. The van der Waals surface area contributed by atoms with Gasteiger partial charge in [0.2, 0.25) is 15.0 Å². The number of methoxy groups -OCH3 is 1. The number of likely N-dealkylation sites (tertiary alicyclic amines) is 1. The summed E-state index contributed by atoms with van der Waals surface area (Å²) in [5.41, 5.74) is 0.965. The van der Waals surface area contributed by atoms with E-state index < -0.39 is 9.84 Å². The van der Waals surface area contributed by atoms with E-state index in [-0.39, 0.29) is 10.9 Å². The molecule has 0 saturated carbocycles. The molecule has 1 aromatic rings. The molecular formula is C20H36N4O4S. The van der Waals surface area contributed by atoms with Gasteiger partial charge in [0.05, 0.1) is 37.5 Å². The van der Waals surface area contributed by atoms with Crippen LogP contribution in [0.5, 0.6) is 0 Å². The Morgan fingerprint density at radius 3 is 2.72 bits per heavy atom. The topological polar surface area (TPSA) is 76.9 Å². The molecule has 29 heavy (non-hydrogen) atoms. The Kier molecular flexibility index (Phi) is 8.49. The molecule has 1 aromatic heterocycles. The van der Waals surface area contributed by atoms with Crippen LogP contribution in [0.2, 0.25) is 0 Å². The molecule has 2 aliphatic rings. The number of nitrogens with zero attached hydrogens (tertiary/aromatic N) is 4. The molecule has 0 radical (unpaired) electrons. The number of hydrogen-bond donors (Lipinski definition) is 0. The lowest BCUT2D eigenvalue weighted by Crippen LogP contribution is -2.43. The van der Waals surface area contributed by atoms with E-state index in [4.69, 9.17) is 9.47 Å². The Morgan fingerprint density at radius 2 is 2.00 bits per heavy atom. The Labute approximate surface area is 175 Å². The van der Waals surface area contributed by atoms with Gasteiger partial charge in [-0.2, -0.15) is 0 Å². The first-order valence-corrected chi connectivity index (χ1v) is 12.5. The SMILES string of the molecule is CCS(=O)(=O)c1ncc(CN2CCCCC2CCN2CCOCC2)n1CCOC. The van der Waals surface area contributed by atoms with Gasteiger partial charge >= 0.3 is 0 Å². The summed E-state index contributed by atoms with van der Waals surface area (Å²) >= 11 is 0. The van der Waals surface area contributed by atoms with Crippen molar-refractivity contribution in [3.8, 4) is 0 Å². The number of hydrogen-bond acceptors (Lipinski definition) is 7. The number of morpholine rings is 1. The van der Waals surface area contributed by atoms with Crippen LogP contribution in [0.3, 0.4) is 0 Å². The maximum atomic E-state index is 12.5. The third kappa shape index (κ3) is 6.01. The molecular weight excluding hydrogens is 392 g/mol. The smallest absolute Gasteiger partial charge is 0.227 e. The molecule has 9 heteroatoms. The summed E-state index contributed by atoms with van der Waals surface area (Å²) in [4.78, 5) is 9.30. The summed E-state index contributed by atoms with van der Waals surface area (Å²) in [5.74, 6) is 0.0579. The van der Waals surface area contributed by atoms with Gasteiger partial charge in [-0.25, -0.2) is 13.4 Å². The van der Waals surface area contributed by atoms with Gasteiger partial charge in [0, 0.05) is 39.3 Å². The molecule has 8 nitrogen and oxygen atoms in total. The fraction of sp³-hybridized carbons (Fsp3) is 0.850. The van der Waals surface area contributed by atoms with Gasteiger partial charge in [-0.3, -0.25) is 9.80 Å². The highest BCUT2D eigenvalue weighted by Gasteiger charge is 2.27. The van der Waals surface area contributed by atoms with Crippen molar-refractivity contribution in [2.24, 2.45) is 0 Å². The van der Waals surface area contributed by atoms with Crippen LogP contribution in [0.1, 0.15) is 38.3 Å². The highest BCUT2D eigenvalue weighted by molar-refractivity contribution is 7.91. The summed E-state index contributed by atoms with van der Waals surface area (Å²) in [6.45, 7) is 9.25. The molecule has 0 aliphatic carbocycles. The molecule has 0 spiro atoms.